The van der Waals surface area contributed by atoms with Gasteiger partial charge in [0.25, 0.3) is 0 Å². The summed E-state index contributed by atoms with van der Waals surface area (Å²) in [6.07, 6.45) is 0. The number of aromatic nitrogens is 2. The molecule has 0 amide bonds. The largest absolute Gasteiger partial charge is 0.301 e. The van der Waals surface area contributed by atoms with Crippen molar-refractivity contribution in [2.24, 2.45) is 7.05 Å². The molecule has 1 rings (SSSR count). The van der Waals surface area contributed by atoms with Gasteiger partial charge in [0, 0.05) is 12.7 Å². The van der Waals surface area contributed by atoms with Gasteiger partial charge in [0.1, 0.15) is 16.3 Å². The average Bonchev–Trinajstić information content (AvgIpc) is 2.09. The number of nitrogens with zero attached hydrogens (tertiary/aromatic N) is 2. The van der Waals surface area contributed by atoms with Crippen LogP contribution in [-0.2, 0) is 7.05 Å². The van der Waals surface area contributed by atoms with E-state index < -0.39 is 0 Å². The lowest BCUT2D eigenvalue weighted by Gasteiger charge is -1.84. The fourth-order valence-electron chi connectivity index (χ4n) is 0.818. The molecule has 4 heteroatoms. The Balaban J connectivity index is 3.53. The lowest BCUT2D eigenvalue weighted by atomic mass is 10.3. The first-order valence-electron chi connectivity index (χ1n) is 2.82. The smallest absolute Gasteiger partial charge is 0.139 e. The van der Waals surface area contributed by atoms with Gasteiger partial charge in [-0.2, -0.15) is 5.26 Å². The predicted molar refractivity (Wildman–Crippen MR) is 40.0 cm³/mol. The maximum absolute atomic E-state index is 8.56. The van der Waals surface area contributed by atoms with Crippen molar-refractivity contribution >= 4 is 12.2 Å². The molecular weight excluding hydrogens is 146 g/mol. The number of aryl methyl sites for hydroxylation is 2. The van der Waals surface area contributed by atoms with Gasteiger partial charge in [0.2, 0.25) is 0 Å². The van der Waals surface area contributed by atoms with Crippen molar-refractivity contribution in [3.8, 4) is 6.07 Å². The number of hydrogen-bond acceptors (Lipinski definition) is 2. The highest BCUT2D eigenvalue weighted by molar-refractivity contribution is 7.71. The second-order valence-corrected chi connectivity index (χ2v) is 2.47. The first-order valence-corrected chi connectivity index (χ1v) is 3.23. The van der Waals surface area contributed by atoms with E-state index in [1.807, 2.05) is 13.0 Å². The van der Waals surface area contributed by atoms with Gasteiger partial charge in [-0.25, -0.2) is 0 Å². The molecule has 0 atom stereocenters. The van der Waals surface area contributed by atoms with Gasteiger partial charge >= 0.3 is 0 Å². The van der Waals surface area contributed by atoms with Gasteiger partial charge in [0.05, 0.1) is 0 Å². The molecule has 0 aliphatic carbocycles. The molecule has 0 bridgehead atoms. The monoisotopic (exact) mass is 153 g/mol. The topological polar surface area (TPSA) is 44.5 Å². The van der Waals surface area contributed by atoms with Crippen LogP contribution in [0.4, 0.5) is 0 Å². The molecule has 0 saturated heterocycles. The highest BCUT2D eigenvalue weighted by Gasteiger charge is 2.02. The molecule has 0 radical (unpaired) electrons. The highest BCUT2D eigenvalue weighted by atomic mass is 32.1. The Morgan fingerprint density at radius 3 is 2.50 bits per heavy atom. The summed E-state index contributed by atoms with van der Waals surface area (Å²) in [6, 6.07) is 2.03. The predicted octanol–water partition coefficient (Wildman–Crippen LogP) is 1.26. The normalized spacial score (nSPS) is 9.30. The van der Waals surface area contributed by atoms with E-state index in [9.17, 15) is 0 Å². The minimum atomic E-state index is 0.567. The minimum Gasteiger partial charge on any atom is -0.301 e. The molecular formula is C6H7N3S. The van der Waals surface area contributed by atoms with Crippen LogP contribution in [0.2, 0.25) is 0 Å². The maximum Gasteiger partial charge on any atom is 0.139 e. The van der Waals surface area contributed by atoms with Gasteiger partial charge < -0.3 is 5.10 Å². The Morgan fingerprint density at radius 2 is 2.30 bits per heavy atom. The van der Waals surface area contributed by atoms with Crippen LogP contribution in [0.1, 0.15) is 11.3 Å². The van der Waals surface area contributed by atoms with Crippen molar-refractivity contribution < 1.29 is 0 Å². The number of nitriles is 1. The molecule has 0 aromatic carbocycles. The maximum atomic E-state index is 8.56. The molecule has 1 N–H and O–H groups in total. The van der Waals surface area contributed by atoms with Crippen LogP contribution in [0, 0.1) is 22.9 Å². The third kappa shape index (κ3) is 0.847. The van der Waals surface area contributed by atoms with Crippen LogP contribution in [0.15, 0.2) is 0 Å². The molecule has 0 unspecified atom stereocenters. The summed E-state index contributed by atoms with van der Waals surface area (Å²) in [7, 11) is 1.79. The standard InChI is InChI=1S/C6H7N3S/c1-4-5(3-7)6(10)9(2)8-4/h8H,1-2H3. The fraction of sp³-hybridized carbons (Fsp3) is 0.333. The minimum absolute atomic E-state index is 0.567. The Bertz CT molecular complexity index is 339. The first kappa shape index (κ1) is 7.03. The van der Waals surface area contributed by atoms with E-state index in [1.54, 1.807) is 11.7 Å². The van der Waals surface area contributed by atoms with E-state index in [4.69, 9.17) is 17.5 Å². The summed E-state index contributed by atoms with van der Waals surface area (Å²) in [4.78, 5) is 0. The van der Waals surface area contributed by atoms with Crippen LogP contribution in [0.5, 0.6) is 0 Å². The third-order valence-corrected chi connectivity index (χ3v) is 1.82. The second-order valence-electron chi connectivity index (χ2n) is 2.09. The number of nitrogens with one attached hydrogen (secondary N) is 1. The molecule has 0 saturated carbocycles. The SMILES string of the molecule is Cc1[nH]n(C)c(=S)c1C#N. The molecule has 0 fully saturated rings. The zero-order valence-corrected chi connectivity index (χ0v) is 6.62. The highest BCUT2D eigenvalue weighted by Crippen LogP contribution is 2.04. The van der Waals surface area contributed by atoms with Gasteiger partial charge in [-0.15, -0.1) is 0 Å². The summed E-state index contributed by atoms with van der Waals surface area (Å²) in [5.41, 5.74) is 1.40. The van der Waals surface area contributed by atoms with Crippen LogP contribution in [0.3, 0.4) is 0 Å². The first-order chi connectivity index (χ1) is 4.66. The summed E-state index contributed by atoms with van der Waals surface area (Å²) in [5, 5.41) is 11.5. The molecule has 0 aliphatic rings. The van der Waals surface area contributed by atoms with Crippen molar-refractivity contribution in [1.29, 1.82) is 5.26 Å². The van der Waals surface area contributed by atoms with E-state index in [1.165, 1.54) is 0 Å². The number of rotatable bonds is 0. The number of hydrogen-bond donors (Lipinski definition) is 1. The van der Waals surface area contributed by atoms with E-state index in [0.717, 1.165) is 5.69 Å². The Labute approximate surface area is 63.9 Å². The van der Waals surface area contributed by atoms with E-state index in [2.05, 4.69) is 5.10 Å². The molecule has 10 heavy (non-hydrogen) atoms. The van der Waals surface area contributed by atoms with Crippen LogP contribution >= 0.6 is 12.2 Å². The average molecular weight is 153 g/mol. The fourth-order valence-corrected chi connectivity index (χ4v) is 1.06. The Hall–Kier alpha value is -1.08. The summed E-state index contributed by atoms with van der Waals surface area (Å²) >= 11 is 4.92. The van der Waals surface area contributed by atoms with Crippen LogP contribution in [0.25, 0.3) is 0 Å². The van der Waals surface area contributed by atoms with Gasteiger partial charge in [-0.05, 0) is 6.92 Å². The number of H-pyrrole nitrogens is 1. The Kier molecular flexibility index (Phi) is 1.60. The Morgan fingerprint density at radius 1 is 1.70 bits per heavy atom. The molecule has 1 heterocycles. The van der Waals surface area contributed by atoms with Gasteiger partial charge in [0.15, 0.2) is 0 Å². The van der Waals surface area contributed by atoms with E-state index >= 15 is 0 Å². The second kappa shape index (κ2) is 2.27. The zero-order chi connectivity index (χ0) is 7.72. The molecule has 1 aromatic heterocycles. The van der Waals surface area contributed by atoms with Gasteiger partial charge in [-0.1, -0.05) is 12.2 Å². The molecule has 0 aliphatic heterocycles. The van der Waals surface area contributed by atoms with E-state index in [0.29, 0.717) is 10.2 Å². The summed E-state index contributed by atoms with van der Waals surface area (Å²) < 4.78 is 2.23. The van der Waals surface area contributed by atoms with Crippen LogP contribution < -0.4 is 0 Å². The molecule has 3 nitrogen and oxygen atoms in total. The number of aromatic amines is 1. The van der Waals surface area contributed by atoms with Crippen molar-refractivity contribution in [2.45, 2.75) is 6.92 Å². The third-order valence-electron chi connectivity index (χ3n) is 1.34. The summed E-state index contributed by atoms with van der Waals surface area (Å²) in [6.45, 7) is 1.83. The van der Waals surface area contributed by atoms with E-state index in [-0.39, 0.29) is 0 Å². The molecule has 1 aromatic rings. The van der Waals surface area contributed by atoms with Crippen molar-refractivity contribution in [3.63, 3.8) is 0 Å². The summed E-state index contributed by atoms with van der Waals surface area (Å²) in [5.74, 6) is 0. The lowest BCUT2D eigenvalue weighted by Crippen LogP contribution is -1.88. The van der Waals surface area contributed by atoms with Crippen molar-refractivity contribution in [2.75, 3.05) is 0 Å². The molecule has 0 spiro atoms. The quantitative estimate of drug-likeness (QED) is 0.570. The lowest BCUT2D eigenvalue weighted by molar-refractivity contribution is 0.747. The van der Waals surface area contributed by atoms with Gasteiger partial charge in [-0.3, -0.25) is 4.68 Å². The van der Waals surface area contributed by atoms with Crippen molar-refractivity contribution in [1.82, 2.24) is 9.78 Å². The van der Waals surface area contributed by atoms with Crippen molar-refractivity contribution in [3.05, 3.63) is 15.9 Å². The van der Waals surface area contributed by atoms with Crippen LogP contribution in [-0.4, -0.2) is 9.78 Å². The zero-order valence-electron chi connectivity index (χ0n) is 5.80. The molecule has 52 valence electrons.